The molecule has 4 aromatic rings. The second-order valence-corrected chi connectivity index (χ2v) is 9.86. The van der Waals surface area contributed by atoms with Crippen molar-refractivity contribution in [3.05, 3.63) is 139 Å². The van der Waals surface area contributed by atoms with E-state index in [9.17, 15) is 4.79 Å². The topological polar surface area (TPSA) is 70.8 Å². The Kier molecular flexibility index (Phi) is 7.95. The minimum absolute atomic E-state index is 0.408. The standard InChI is InChI=1S/C36H29NO5/c1-39-36(38)33(23-25-9-4-2-5-10-25)41-30-21-15-27(16-22-30)34-31-13-8-14-32(31)35(42-37-34)28-17-19-29(20-18-28)40-24-26-11-6-3-7-12-26/h2-22,33H,23-24H2,1H3/t33-/m1/s1. The number of carbonyl (C=O) groups is 1. The first-order valence-corrected chi connectivity index (χ1v) is 13.7. The van der Waals surface area contributed by atoms with Gasteiger partial charge in [0.1, 0.15) is 23.8 Å². The van der Waals surface area contributed by atoms with E-state index in [1.807, 2.05) is 127 Å². The lowest BCUT2D eigenvalue weighted by atomic mass is 9.99. The fraction of sp³-hybridized carbons (Fsp3) is 0.111. The number of esters is 1. The molecule has 6 heteroatoms. The van der Waals surface area contributed by atoms with Gasteiger partial charge in [-0.05, 0) is 59.7 Å². The fourth-order valence-corrected chi connectivity index (χ4v) is 4.86. The van der Waals surface area contributed by atoms with E-state index in [0.717, 1.165) is 44.8 Å². The van der Waals surface area contributed by atoms with Gasteiger partial charge in [-0.2, -0.15) is 0 Å². The normalized spacial score (nSPS) is 11.6. The molecule has 1 heterocycles. The van der Waals surface area contributed by atoms with E-state index >= 15 is 0 Å². The molecule has 0 fully saturated rings. The summed E-state index contributed by atoms with van der Waals surface area (Å²) in [5.41, 5.74) is 6.55. The number of hydrogen-bond acceptors (Lipinski definition) is 6. The van der Waals surface area contributed by atoms with E-state index in [0.29, 0.717) is 24.5 Å². The van der Waals surface area contributed by atoms with Crippen LogP contribution >= 0.6 is 0 Å². The van der Waals surface area contributed by atoms with Gasteiger partial charge in [0.15, 0.2) is 11.9 Å². The summed E-state index contributed by atoms with van der Waals surface area (Å²) >= 11 is 0. The van der Waals surface area contributed by atoms with Crippen LogP contribution in [0.15, 0.2) is 132 Å². The van der Waals surface area contributed by atoms with Gasteiger partial charge >= 0.3 is 5.97 Å². The Morgan fingerprint density at radius 2 is 1.31 bits per heavy atom. The van der Waals surface area contributed by atoms with Crippen molar-refractivity contribution in [1.29, 1.82) is 0 Å². The van der Waals surface area contributed by atoms with Crippen molar-refractivity contribution >= 4 is 5.97 Å². The Balaban J connectivity index is 1.18. The van der Waals surface area contributed by atoms with Gasteiger partial charge in [0.05, 0.1) is 7.11 Å². The van der Waals surface area contributed by atoms with Crippen molar-refractivity contribution in [2.45, 2.75) is 19.1 Å². The Morgan fingerprint density at radius 1 is 0.690 bits per heavy atom. The molecule has 1 aliphatic heterocycles. The molecule has 0 bridgehead atoms. The SMILES string of the molecule is COC(=O)[C@@H](Cc1ccccc1)Oc1ccc(-c2noc(-c3ccc(OCc4ccccc4)cc3)c3cccc2-3)cc1. The highest BCUT2D eigenvalue weighted by molar-refractivity contribution is 5.89. The summed E-state index contributed by atoms with van der Waals surface area (Å²) in [6.45, 7) is 0.508. The molecule has 208 valence electrons. The molecule has 0 saturated heterocycles. The summed E-state index contributed by atoms with van der Waals surface area (Å²) in [7, 11) is 1.37. The van der Waals surface area contributed by atoms with Crippen LogP contribution in [-0.4, -0.2) is 24.3 Å². The van der Waals surface area contributed by atoms with E-state index in [-0.39, 0.29) is 0 Å². The molecule has 0 N–H and O–H groups in total. The Labute approximate surface area is 244 Å². The van der Waals surface area contributed by atoms with Crippen molar-refractivity contribution in [2.24, 2.45) is 0 Å². The highest BCUT2D eigenvalue weighted by Crippen LogP contribution is 2.40. The van der Waals surface area contributed by atoms with Crippen LogP contribution in [0.25, 0.3) is 33.7 Å². The Morgan fingerprint density at radius 3 is 2.00 bits per heavy atom. The zero-order valence-electron chi connectivity index (χ0n) is 23.1. The third-order valence-electron chi connectivity index (χ3n) is 7.04. The molecule has 0 aromatic heterocycles. The molecule has 0 amide bonds. The maximum Gasteiger partial charge on any atom is 0.347 e. The predicted molar refractivity (Wildman–Crippen MR) is 161 cm³/mol. The molecule has 0 radical (unpaired) electrons. The molecular formula is C36H29NO5. The van der Waals surface area contributed by atoms with Crippen LogP contribution in [0.3, 0.4) is 0 Å². The van der Waals surface area contributed by atoms with E-state index in [2.05, 4.69) is 5.16 Å². The maximum atomic E-state index is 12.4. The summed E-state index contributed by atoms with van der Waals surface area (Å²) in [6, 6.07) is 41.2. The number of benzene rings is 4. The Hall–Kier alpha value is -5.36. The molecular weight excluding hydrogens is 526 g/mol. The zero-order chi connectivity index (χ0) is 28.7. The van der Waals surface area contributed by atoms with Crippen molar-refractivity contribution in [2.75, 3.05) is 7.11 Å². The van der Waals surface area contributed by atoms with Crippen molar-refractivity contribution in [3.63, 3.8) is 0 Å². The third-order valence-corrected chi connectivity index (χ3v) is 7.04. The highest BCUT2D eigenvalue weighted by atomic mass is 16.6. The van der Waals surface area contributed by atoms with E-state index in [4.69, 9.17) is 18.7 Å². The molecule has 0 unspecified atom stereocenters. The molecule has 4 aromatic carbocycles. The monoisotopic (exact) mass is 555 g/mol. The molecule has 6 rings (SSSR count). The minimum Gasteiger partial charge on any atom is -0.489 e. The van der Waals surface area contributed by atoms with Crippen LogP contribution in [0, 0.1) is 0 Å². The molecule has 0 saturated carbocycles. The Bertz CT molecular complexity index is 1710. The number of ether oxygens (including phenoxy) is 3. The van der Waals surface area contributed by atoms with Gasteiger partial charge in [-0.1, -0.05) is 84.0 Å². The van der Waals surface area contributed by atoms with E-state index in [1.165, 1.54) is 7.11 Å². The van der Waals surface area contributed by atoms with Crippen LogP contribution in [0.2, 0.25) is 0 Å². The predicted octanol–water partition coefficient (Wildman–Crippen LogP) is 7.86. The van der Waals surface area contributed by atoms with Gasteiger partial charge < -0.3 is 18.7 Å². The quantitative estimate of drug-likeness (QED) is 0.160. The number of nitrogens with zero attached hydrogens (tertiary/aromatic N) is 1. The second kappa shape index (κ2) is 12.4. The van der Waals surface area contributed by atoms with Crippen molar-refractivity contribution < 1.29 is 23.5 Å². The summed E-state index contributed by atoms with van der Waals surface area (Å²) in [5.74, 6) is 1.61. The van der Waals surface area contributed by atoms with Crippen LogP contribution in [0.5, 0.6) is 11.5 Å². The number of fused-ring (bicyclic) bond motifs is 1. The largest absolute Gasteiger partial charge is 0.489 e. The lowest BCUT2D eigenvalue weighted by Gasteiger charge is -2.17. The maximum absolute atomic E-state index is 12.4. The summed E-state index contributed by atoms with van der Waals surface area (Å²) in [6.07, 6.45) is -0.349. The fourth-order valence-electron chi connectivity index (χ4n) is 4.86. The van der Waals surface area contributed by atoms with E-state index in [1.54, 1.807) is 0 Å². The smallest absolute Gasteiger partial charge is 0.347 e. The van der Waals surface area contributed by atoms with Crippen molar-refractivity contribution in [3.8, 4) is 45.2 Å². The molecule has 1 aliphatic carbocycles. The lowest BCUT2D eigenvalue weighted by Crippen LogP contribution is -2.30. The van der Waals surface area contributed by atoms with Crippen LogP contribution in [0.1, 0.15) is 11.1 Å². The van der Waals surface area contributed by atoms with Gasteiger partial charge in [-0.15, -0.1) is 0 Å². The van der Waals surface area contributed by atoms with Crippen LogP contribution in [-0.2, 0) is 22.6 Å². The first-order valence-electron chi connectivity index (χ1n) is 13.7. The molecule has 1 atom stereocenters. The van der Waals surface area contributed by atoms with Gasteiger partial charge in [0.25, 0.3) is 0 Å². The number of methoxy groups -OCH3 is 1. The molecule has 6 nitrogen and oxygen atoms in total. The summed E-state index contributed by atoms with van der Waals surface area (Å²) in [4.78, 5) is 12.4. The van der Waals surface area contributed by atoms with Crippen LogP contribution < -0.4 is 9.47 Å². The van der Waals surface area contributed by atoms with E-state index < -0.39 is 12.1 Å². The molecule has 42 heavy (non-hydrogen) atoms. The number of hydrogen-bond donors (Lipinski definition) is 0. The van der Waals surface area contributed by atoms with Gasteiger partial charge in [-0.3, -0.25) is 0 Å². The van der Waals surface area contributed by atoms with Gasteiger partial charge in [0.2, 0.25) is 0 Å². The van der Waals surface area contributed by atoms with Crippen LogP contribution in [0.4, 0.5) is 0 Å². The lowest BCUT2D eigenvalue weighted by molar-refractivity contribution is -0.148. The molecule has 2 aliphatic rings. The second-order valence-electron chi connectivity index (χ2n) is 9.86. The summed E-state index contributed by atoms with van der Waals surface area (Å²) < 4.78 is 22.9. The number of aromatic nitrogens is 1. The van der Waals surface area contributed by atoms with Crippen molar-refractivity contribution in [1.82, 2.24) is 5.16 Å². The molecule has 0 spiro atoms. The summed E-state index contributed by atoms with van der Waals surface area (Å²) in [5, 5.41) is 4.49. The van der Waals surface area contributed by atoms with Gasteiger partial charge in [0, 0.05) is 28.7 Å². The third kappa shape index (κ3) is 6.03. The average Bonchev–Trinajstić information content (AvgIpc) is 3.55. The number of carbonyl (C=O) groups excluding carboxylic acids is 1. The van der Waals surface area contributed by atoms with Gasteiger partial charge in [-0.25, -0.2) is 4.79 Å². The average molecular weight is 556 g/mol. The minimum atomic E-state index is -0.757. The first-order chi connectivity index (χ1) is 20.7. The highest BCUT2D eigenvalue weighted by Gasteiger charge is 2.23. The zero-order valence-corrected chi connectivity index (χ0v) is 23.1. The number of rotatable bonds is 10. The first kappa shape index (κ1) is 26.8.